The van der Waals surface area contributed by atoms with E-state index in [1.54, 1.807) is 0 Å². The lowest BCUT2D eigenvalue weighted by Gasteiger charge is -2.32. The Hall–Kier alpha value is -1.82. The summed E-state index contributed by atoms with van der Waals surface area (Å²) in [7, 11) is -1.18. The normalized spacial score (nSPS) is 26.0. The third-order valence-electron chi connectivity index (χ3n) is 5.62. The van der Waals surface area contributed by atoms with Crippen molar-refractivity contribution in [2.24, 2.45) is 11.7 Å². The van der Waals surface area contributed by atoms with Gasteiger partial charge in [0.1, 0.15) is 23.2 Å². The standard InChI is InChI=1S/C20H27FN4O2S/c1-14-2-4-18(5-3-14)28(27)24-8-6-15(7-9-24)10-19(23)20(26)25-13-16(21)11-17(25)12-22/h2-5,15-17,19H,6-11,13,23H2,1H3. The fraction of sp³-hybridized carbons (Fsp3) is 0.600. The molecule has 4 unspecified atom stereocenters. The van der Waals surface area contributed by atoms with Crippen LogP contribution in [0.2, 0.25) is 0 Å². The second-order valence-electron chi connectivity index (χ2n) is 7.75. The van der Waals surface area contributed by atoms with E-state index < -0.39 is 29.2 Å². The number of piperidine rings is 1. The molecule has 0 aliphatic carbocycles. The van der Waals surface area contributed by atoms with Gasteiger partial charge in [-0.15, -0.1) is 0 Å². The average Bonchev–Trinajstić information content (AvgIpc) is 3.08. The molecule has 152 valence electrons. The summed E-state index contributed by atoms with van der Waals surface area (Å²) in [5, 5.41) is 9.11. The van der Waals surface area contributed by atoms with Crippen molar-refractivity contribution in [1.29, 1.82) is 5.26 Å². The topological polar surface area (TPSA) is 90.4 Å². The number of carbonyl (C=O) groups excluding carboxylic acids is 1. The van der Waals surface area contributed by atoms with E-state index in [1.807, 2.05) is 41.6 Å². The van der Waals surface area contributed by atoms with Crippen LogP contribution in [0.3, 0.4) is 0 Å². The smallest absolute Gasteiger partial charge is 0.240 e. The van der Waals surface area contributed by atoms with Crippen molar-refractivity contribution in [3.05, 3.63) is 29.8 Å². The molecule has 2 saturated heterocycles. The second-order valence-corrected chi connectivity index (χ2v) is 9.23. The van der Waals surface area contributed by atoms with Crippen molar-refractivity contribution in [3.63, 3.8) is 0 Å². The molecule has 0 saturated carbocycles. The number of benzene rings is 1. The van der Waals surface area contributed by atoms with Gasteiger partial charge in [-0.3, -0.25) is 4.79 Å². The van der Waals surface area contributed by atoms with Crippen LogP contribution >= 0.6 is 0 Å². The Balaban J connectivity index is 1.50. The number of hydrogen-bond donors (Lipinski definition) is 1. The SMILES string of the molecule is Cc1ccc(S(=O)N2CCC(CC(N)C(=O)N3CC(F)CC3C#N)CC2)cc1. The molecule has 4 atom stereocenters. The molecule has 2 aliphatic heterocycles. The van der Waals surface area contributed by atoms with Crippen LogP contribution < -0.4 is 5.73 Å². The molecule has 8 heteroatoms. The lowest BCUT2D eigenvalue weighted by Crippen LogP contribution is -2.47. The number of rotatable bonds is 5. The van der Waals surface area contributed by atoms with Crippen LogP contribution in [0, 0.1) is 24.2 Å². The van der Waals surface area contributed by atoms with Crippen LogP contribution in [-0.4, -0.2) is 57.2 Å². The zero-order valence-corrected chi connectivity index (χ0v) is 16.9. The summed E-state index contributed by atoms with van der Waals surface area (Å²) in [5.74, 6) is -0.0770. The molecule has 2 N–H and O–H groups in total. The van der Waals surface area contributed by atoms with E-state index in [0.29, 0.717) is 19.5 Å². The fourth-order valence-corrected chi connectivity index (χ4v) is 5.15. The minimum absolute atomic E-state index is 0.0429. The summed E-state index contributed by atoms with van der Waals surface area (Å²) in [5.41, 5.74) is 7.23. The highest BCUT2D eigenvalue weighted by atomic mass is 32.2. The van der Waals surface area contributed by atoms with Crippen molar-refractivity contribution in [2.75, 3.05) is 19.6 Å². The van der Waals surface area contributed by atoms with Crippen LogP contribution in [-0.2, 0) is 15.8 Å². The first-order valence-corrected chi connectivity index (χ1v) is 10.8. The lowest BCUT2D eigenvalue weighted by molar-refractivity contribution is -0.133. The summed E-state index contributed by atoms with van der Waals surface area (Å²) in [6.07, 6.45) is 1.05. The Morgan fingerprint density at radius 2 is 2.00 bits per heavy atom. The maximum atomic E-state index is 13.6. The molecule has 2 aliphatic rings. The van der Waals surface area contributed by atoms with E-state index in [-0.39, 0.29) is 24.8 Å². The number of likely N-dealkylation sites (tertiary alicyclic amines) is 1. The number of carbonyl (C=O) groups is 1. The van der Waals surface area contributed by atoms with E-state index >= 15 is 0 Å². The van der Waals surface area contributed by atoms with E-state index in [2.05, 4.69) is 0 Å². The Labute approximate surface area is 168 Å². The first kappa shape index (κ1) is 20.9. The molecule has 0 bridgehead atoms. The molecular weight excluding hydrogens is 379 g/mol. The van der Waals surface area contributed by atoms with Gasteiger partial charge in [-0.05, 0) is 44.2 Å². The van der Waals surface area contributed by atoms with Gasteiger partial charge in [0.2, 0.25) is 5.91 Å². The van der Waals surface area contributed by atoms with Gasteiger partial charge in [-0.2, -0.15) is 5.26 Å². The summed E-state index contributed by atoms with van der Waals surface area (Å²) >= 11 is 0. The first-order chi connectivity index (χ1) is 13.4. The highest BCUT2D eigenvalue weighted by Gasteiger charge is 2.38. The maximum Gasteiger partial charge on any atom is 0.240 e. The zero-order chi connectivity index (χ0) is 20.3. The quantitative estimate of drug-likeness (QED) is 0.809. The number of amides is 1. The number of nitriles is 1. The van der Waals surface area contributed by atoms with Gasteiger partial charge in [-0.25, -0.2) is 12.9 Å². The number of nitrogens with zero attached hydrogens (tertiary/aromatic N) is 3. The molecule has 0 spiro atoms. The summed E-state index contributed by atoms with van der Waals surface area (Å²) in [4.78, 5) is 14.6. The Kier molecular flexibility index (Phi) is 6.81. The molecule has 3 rings (SSSR count). The van der Waals surface area contributed by atoms with E-state index in [1.165, 1.54) is 4.90 Å². The van der Waals surface area contributed by atoms with Gasteiger partial charge in [0.25, 0.3) is 0 Å². The molecule has 0 radical (unpaired) electrons. The fourth-order valence-electron chi connectivity index (χ4n) is 3.94. The third-order valence-corrected chi connectivity index (χ3v) is 7.13. The number of nitrogens with two attached hydrogens (primary N) is 1. The molecule has 6 nitrogen and oxygen atoms in total. The summed E-state index contributed by atoms with van der Waals surface area (Å²) in [6, 6.07) is 8.26. The molecule has 2 heterocycles. The minimum atomic E-state index is -1.18. The molecule has 1 amide bonds. The first-order valence-electron chi connectivity index (χ1n) is 9.72. The van der Waals surface area contributed by atoms with Crippen LogP contribution in [0.15, 0.2) is 29.2 Å². The molecule has 1 aromatic rings. The number of hydrogen-bond acceptors (Lipinski definition) is 4. The van der Waals surface area contributed by atoms with Gasteiger partial charge in [0, 0.05) is 19.5 Å². The third kappa shape index (κ3) is 4.77. The Morgan fingerprint density at radius 1 is 1.36 bits per heavy atom. The lowest BCUT2D eigenvalue weighted by atomic mass is 9.91. The molecule has 1 aromatic carbocycles. The molecule has 0 aromatic heterocycles. The van der Waals surface area contributed by atoms with Gasteiger partial charge in [-0.1, -0.05) is 17.7 Å². The number of aryl methyl sites for hydroxylation is 1. The van der Waals surface area contributed by atoms with Gasteiger partial charge in [0.15, 0.2) is 0 Å². The minimum Gasteiger partial charge on any atom is -0.322 e. The van der Waals surface area contributed by atoms with Crippen molar-refractivity contribution >= 4 is 16.9 Å². The van der Waals surface area contributed by atoms with E-state index in [0.717, 1.165) is 23.3 Å². The predicted octanol–water partition coefficient (Wildman–Crippen LogP) is 1.91. The monoisotopic (exact) mass is 406 g/mol. The number of alkyl halides is 1. The van der Waals surface area contributed by atoms with Crippen molar-refractivity contribution < 1.29 is 13.4 Å². The molecule has 28 heavy (non-hydrogen) atoms. The van der Waals surface area contributed by atoms with Crippen LogP contribution in [0.1, 0.15) is 31.2 Å². The largest absolute Gasteiger partial charge is 0.322 e. The van der Waals surface area contributed by atoms with Crippen molar-refractivity contribution in [1.82, 2.24) is 9.21 Å². The summed E-state index contributed by atoms with van der Waals surface area (Å²) < 4.78 is 28.2. The van der Waals surface area contributed by atoms with Crippen molar-refractivity contribution in [2.45, 2.75) is 55.8 Å². The van der Waals surface area contributed by atoms with E-state index in [4.69, 9.17) is 11.0 Å². The van der Waals surface area contributed by atoms with Gasteiger partial charge in [0.05, 0.1) is 23.6 Å². The van der Waals surface area contributed by atoms with Crippen LogP contribution in [0.5, 0.6) is 0 Å². The van der Waals surface area contributed by atoms with Gasteiger partial charge >= 0.3 is 0 Å². The predicted molar refractivity (Wildman–Crippen MR) is 105 cm³/mol. The van der Waals surface area contributed by atoms with E-state index in [9.17, 15) is 13.4 Å². The zero-order valence-electron chi connectivity index (χ0n) is 16.1. The highest BCUT2D eigenvalue weighted by molar-refractivity contribution is 7.82. The van der Waals surface area contributed by atoms with Crippen LogP contribution in [0.25, 0.3) is 0 Å². The molecule has 2 fully saturated rings. The summed E-state index contributed by atoms with van der Waals surface area (Å²) in [6.45, 7) is 3.32. The van der Waals surface area contributed by atoms with Crippen molar-refractivity contribution in [3.8, 4) is 6.07 Å². The Bertz CT molecular complexity index is 758. The second kappa shape index (κ2) is 9.12. The average molecular weight is 407 g/mol. The number of halogens is 1. The molecular formula is C20H27FN4O2S. The van der Waals surface area contributed by atoms with Gasteiger partial charge < -0.3 is 10.6 Å². The Morgan fingerprint density at radius 3 is 2.61 bits per heavy atom. The maximum absolute atomic E-state index is 13.6. The van der Waals surface area contributed by atoms with Crippen LogP contribution in [0.4, 0.5) is 4.39 Å². The highest BCUT2D eigenvalue weighted by Crippen LogP contribution is 2.26.